The Morgan fingerprint density at radius 3 is 2.19 bits per heavy atom. The molecule has 9 N–H and O–H groups in total. The second kappa shape index (κ2) is 21.5. The van der Waals surface area contributed by atoms with Crippen LogP contribution in [0.15, 0.2) is 84.9 Å². The number of aromatic hydroxyl groups is 1. The molecule has 5 rings (SSSR count). The van der Waals surface area contributed by atoms with Gasteiger partial charge in [-0.1, -0.05) is 48.0 Å². The lowest BCUT2D eigenvalue weighted by Gasteiger charge is -2.32. The third-order valence-corrected chi connectivity index (χ3v) is 10.9. The van der Waals surface area contributed by atoms with Gasteiger partial charge in [0.25, 0.3) is 5.91 Å². The smallest absolute Gasteiger partial charge is 0.251 e. The van der Waals surface area contributed by atoms with Crippen molar-refractivity contribution in [1.29, 1.82) is 0 Å². The maximum Gasteiger partial charge on any atom is 0.251 e. The molecule has 5 unspecified atom stereocenters. The van der Waals surface area contributed by atoms with Crippen LogP contribution in [-0.2, 0) is 30.4 Å². The molecule has 15 nitrogen and oxygen atoms in total. The maximum absolute atomic E-state index is 14.7. The van der Waals surface area contributed by atoms with Gasteiger partial charge in [-0.3, -0.25) is 28.8 Å². The molecule has 1 aliphatic rings. The van der Waals surface area contributed by atoms with Gasteiger partial charge < -0.3 is 47.5 Å². The van der Waals surface area contributed by atoms with E-state index >= 15 is 0 Å². The topological polar surface area (TPSA) is 235 Å². The number of hydrogen-bond acceptors (Lipinski definition) is 10. The second-order valence-electron chi connectivity index (χ2n) is 15.3. The van der Waals surface area contributed by atoms with Gasteiger partial charge >= 0.3 is 0 Å². The number of hydrogen-bond donors (Lipinski definition) is 7. The summed E-state index contributed by atoms with van der Waals surface area (Å²) in [5.41, 5.74) is 15.1. The molecular weight excluding hydrogens is 814 g/mol. The Hall–Kier alpha value is -6.29. The summed E-state index contributed by atoms with van der Waals surface area (Å²) in [6.45, 7) is 4.93. The number of carbonyl (C=O) groups is 6. The summed E-state index contributed by atoms with van der Waals surface area (Å²) in [7, 11) is 1.43. The van der Waals surface area contributed by atoms with E-state index in [4.69, 9.17) is 27.8 Å². The Morgan fingerprint density at radius 2 is 1.55 bits per heavy atom. The summed E-state index contributed by atoms with van der Waals surface area (Å²) in [4.78, 5) is 83.4. The summed E-state index contributed by atoms with van der Waals surface area (Å²) in [6, 6.07) is 17.9. The Balaban J connectivity index is 1.54. The second-order valence-corrected chi connectivity index (χ2v) is 15.8. The molecule has 5 atom stereocenters. The zero-order valence-electron chi connectivity index (χ0n) is 35.2. The van der Waals surface area contributed by atoms with Crippen molar-refractivity contribution in [3.05, 3.63) is 107 Å². The zero-order chi connectivity index (χ0) is 45.1. The Bertz CT molecular complexity index is 2270. The summed E-state index contributed by atoms with van der Waals surface area (Å²) < 4.78 is 6.00. The van der Waals surface area contributed by atoms with Gasteiger partial charge in [0.05, 0.1) is 6.04 Å². The lowest BCUT2D eigenvalue weighted by Crippen LogP contribution is -2.56. The van der Waals surface area contributed by atoms with Crippen LogP contribution in [0.1, 0.15) is 67.6 Å². The molecule has 62 heavy (non-hydrogen) atoms. The lowest BCUT2D eigenvalue weighted by molar-refractivity contribution is -0.141. The molecular formula is C46H54ClN7O8. The van der Waals surface area contributed by atoms with Crippen molar-refractivity contribution in [2.24, 2.45) is 11.5 Å². The van der Waals surface area contributed by atoms with E-state index in [9.17, 15) is 33.9 Å². The number of phenols is 1. The highest BCUT2D eigenvalue weighted by Crippen LogP contribution is 2.39. The molecule has 4 bridgehead atoms. The first kappa shape index (κ1) is 46.8. The van der Waals surface area contributed by atoms with E-state index in [-0.39, 0.29) is 43.1 Å². The highest BCUT2D eigenvalue weighted by molar-refractivity contribution is 6.30. The highest BCUT2D eigenvalue weighted by atomic mass is 35.5. The van der Waals surface area contributed by atoms with Gasteiger partial charge in [-0.15, -0.1) is 0 Å². The molecule has 0 aromatic heterocycles. The monoisotopic (exact) mass is 867 g/mol. The molecule has 0 aliphatic carbocycles. The quantitative estimate of drug-likeness (QED) is 0.0855. The third kappa shape index (κ3) is 11.7. The molecule has 4 aromatic rings. The number of ketones is 1. The molecule has 0 fully saturated rings. The van der Waals surface area contributed by atoms with Gasteiger partial charge in [0.15, 0.2) is 5.78 Å². The van der Waals surface area contributed by atoms with Crippen LogP contribution in [0.2, 0.25) is 5.02 Å². The van der Waals surface area contributed by atoms with Crippen molar-refractivity contribution in [2.75, 3.05) is 26.7 Å². The van der Waals surface area contributed by atoms with Gasteiger partial charge in [0.1, 0.15) is 42.3 Å². The summed E-state index contributed by atoms with van der Waals surface area (Å²) in [6.07, 6.45) is 1.21. The molecule has 0 saturated carbocycles. The number of likely N-dealkylation sites (N-methyl/N-ethyl adjacent to an activating group) is 1. The van der Waals surface area contributed by atoms with Crippen LogP contribution in [0.4, 0.5) is 0 Å². The summed E-state index contributed by atoms with van der Waals surface area (Å²) >= 11 is 6.05. The molecule has 1 heterocycles. The largest absolute Gasteiger partial charge is 0.507 e. The minimum absolute atomic E-state index is 0.0432. The standard InChI is InChI=1S/C46H54ClN7O8/c1-26(28(3)55)50-44(59)38-24-29-8-18-39(56)35(23-29)36-25-33(15-19-40(36)62-22-21-49)41(45(60)51-27(2)42(57)53-38)54(4)46(61)37(7-5-6-20-48)52-43(58)32-11-9-30(10-12-32)31-13-16-34(47)17-14-31/h8-19,23,25-27,37-38,41,56H,5-7,20-22,24,48-49H2,1-4H3,(H,50,59)(H,51,60)(H,52,58)(H,53,57). The average molecular weight is 868 g/mol. The normalized spacial score (nSPS) is 17.3. The molecule has 328 valence electrons. The van der Waals surface area contributed by atoms with Crippen molar-refractivity contribution in [3.8, 4) is 33.8 Å². The van der Waals surface area contributed by atoms with Gasteiger partial charge in [-0.2, -0.15) is 0 Å². The zero-order valence-corrected chi connectivity index (χ0v) is 36.0. The number of nitrogens with zero attached hydrogens (tertiary/aromatic N) is 1. The summed E-state index contributed by atoms with van der Waals surface area (Å²) in [5, 5.41) is 22.8. The van der Waals surface area contributed by atoms with Crippen LogP contribution in [0.25, 0.3) is 22.3 Å². The first-order chi connectivity index (χ1) is 29.6. The fraction of sp³-hybridized carbons (Fsp3) is 0.348. The number of nitrogens with one attached hydrogen (secondary N) is 4. The molecule has 4 aromatic carbocycles. The van der Waals surface area contributed by atoms with E-state index in [1.54, 1.807) is 66.7 Å². The van der Waals surface area contributed by atoms with E-state index in [1.807, 2.05) is 12.1 Å². The number of benzene rings is 4. The minimum Gasteiger partial charge on any atom is -0.507 e. The number of rotatable bonds is 15. The van der Waals surface area contributed by atoms with Crippen LogP contribution in [0.5, 0.6) is 11.5 Å². The first-order valence-corrected chi connectivity index (χ1v) is 20.8. The Kier molecular flexibility index (Phi) is 16.2. The molecule has 0 radical (unpaired) electrons. The average Bonchev–Trinajstić information content (AvgIpc) is 3.25. The number of halogens is 1. The van der Waals surface area contributed by atoms with Crippen LogP contribution in [-0.4, -0.2) is 96.2 Å². The van der Waals surface area contributed by atoms with Gasteiger partial charge in [0.2, 0.25) is 23.6 Å². The van der Waals surface area contributed by atoms with Crippen LogP contribution in [0, 0.1) is 0 Å². The van der Waals surface area contributed by atoms with E-state index in [2.05, 4.69) is 21.3 Å². The highest BCUT2D eigenvalue weighted by Gasteiger charge is 2.36. The first-order valence-electron chi connectivity index (χ1n) is 20.5. The van der Waals surface area contributed by atoms with Crippen molar-refractivity contribution >= 4 is 46.9 Å². The number of ether oxygens (including phenoxy) is 1. The third-order valence-electron chi connectivity index (χ3n) is 10.7. The van der Waals surface area contributed by atoms with E-state index in [0.717, 1.165) is 11.1 Å². The predicted molar refractivity (Wildman–Crippen MR) is 236 cm³/mol. The predicted octanol–water partition coefficient (Wildman–Crippen LogP) is 3.78. The molecule has 1 aliphatic heterocycles. The Morgan fingerprint density at radius 1 is 0.871 bits per heavy atom. The molecule has 0 saturated heterocycles. The number of nitrogens with two attached hydrogens (primary N) is 2. The van der Waals surface area contributed by atoms with Gasteiger partial charge in [-0.05, 0) is 117 Å². The molecule has 5 amide bonds. The molecule has 16 heteroatoms. The fourth-order valence-corrected chi connectivity index (χ4v) is 7.16. The van der Waals surface area contributed by atoms with Crippen molar-refractivity contribution < 1.29 is 38.6 Å². The Labute approximate surface area is 365 Å². The van der Waals surface area contributed by atoms with Crippen LogP contribution in [0.3, 0.4) is 0 Å². The number of unbranched alkanes of at least 4 members (excludes halogenated alkanes) is 1. The number of amides is 5. The number of phenolic OH excluding ortho intramolecular Hbond substituents is 1. The van der Waals surface area contributed by atoms with Gasteiger partial charge in [0, 0.05) is 41.7 Å². The minimum atomic E-state index is -1.39. The lowest BCUT2D eigenvalue weighted by atomic mass is 9.93. The SMILES string of the molecule is CC(=O)C(C)NC(=O)C1Cc2ccc(O)c(c2)-c2cc(ccc2OCCN)C(N(C)C(=O)C(CCCCN)NC(=O)c2ccc(-c3ccc(Cl)cc3)cc2)C(=O)NC(C)C(=O)N1. The van der Waals surface area contributed by atoms with Gasteiger partial charge in [-0.25, -0.2) is 0 Å². The van der Waals surface area contributed by atoms with E-state index in [0.29, 0.717) is 52.4 Å². The number of fused-ring (bicyclic) bond motifs is 5. The summed E-state index contributed by atoms with van der Waals surface area (Å²) in [5.74, 6) is -3.35. The van der Waals surface area contributed by atoms with E-state index < -0.39 is 59.7 Å². The van der Waals surface area contributed by atoms with Crippen molar-refractivity contribution in [1.82, 2.24) is 26.2 Å². The van der Waals surface area contributed by atoms with Crippen LogP contribution >= 0.6 is 11.6 Å². The van der Waals surface area contributed by atoms with Crippen molar-refractivity contribution in [3.63, 3.8) is 0 Å². The maximum atomic E-state index is 14.7. The number of Topliss-reactive ketones (excluding diaryl/α,β-unsaturated/α-hetero) is 1. The fourth-order valence-electron chi connectivity index (χ4n) is 7.04. The molecule has 0 spiro atoms. The van der Waals surface area contributed by atoms with E-state index in [1.165, 1.54) is 38.8 Å². The van der Waals surface area contributed by atoms with Crippen molar-refractivity contribution in [2.45, 2.75) is 76.7 Å². The number of carbonyl (C=O) groups excluding carboxylic acids is 6. The van der Waals surface area contributed by atoms with Crippen LogP contribution < -0.4 is 37.5 Å².